The van der Waals surface area contributed by atoms with Gasteiger partial charge in [-0.1, -0.05) is 20.3 Å². The second-order valence-electron chi connectivity index (χ2n) is 5.99. The molecule has 1 aliphatic rings. The number of rotatable bonds is 8. The van der Waals surface area contributed by atoms with Crippen LogP contribution in [0.1, 0.15) is 50.9 Å². The Morgan fingerprint density at radius 2 is 2.30 bits per heavy atom. The average molecular weight is 278 g/mol. The molecule has 4 nitrogen and oxygen atoms in total. The summed E-state index contributed by atoms with van der Waals surface area (Å²) in [6, 6.07) is 2.95. The van der Waals surface area contributed by atoms with E-state index in [0.29, 0.717) is 6.04 Å². The second-order valence-corrected chi connectivity index (χ2v) is 5.99. The lowest BCUT2D eigenvalue weighted by Gasteiger charge is -2.25. The molecule has 1 aromatic heterocycles. The van der Waals surface area contributed by atoms with Gasteiger partial charge in [0.15, 0.2) is 0 Å². The summed E-state index contributed by atoms with van der Waals surface area (Å²) in [7, 11) is 2.07. The fourth-order valence-electron chi connectivity index (χ4n) is 2.96. The lowest BCUT2D eigenvalue weighted by molar-refractivity contribution is 0.232. The molecule has 0 aliphatic carbocycles. The lowest BCUT2D eigenvalue weighted by atomic mass is 10.2. The van der Waals surface area contributed by atoms with Crippen LogP contribution >= 0.6 is 0 Å². The highest BCUT2D eigenvalue weighted by Crippen LogP contribution is 2.12. The van der Waals surface area contributed by atoms with Gasteiger partial charge in [0.05, 0.1) is 11.4 Å². The van der Waals surface area contributed by atoms with Crippen molar-refractivity contribution in [2.45, 2.75) is 58.5 Å². The topological polar surface area (TPSA) is 33.1 Å². The summed E-state index contributed by atoms with van der Waals surface area (Å²) in [5, 5.41) is 8.18. The summed E-state index contributed by atoms with van der Waals surface area (Å²) in [4.78, 5) is 2.60. The van der Waals surface area contributed by atoms with Crippen molar-refractivity contribution in [3.05, 3.63) is 17.5 Å². The number of hydrogen-bond donors (Lipinski definition) is 1. The molecule has 0 bridgehead atoms. The summed E-state index contributed by atoms with van der Waals surface area (Å²) < 4.78 is 2.06. The van der Waals surface area contributed by atoms with E-state index in [1.54, 1.807) is 0 Å². The summed E-state index contributed by atoms with van der Waals surface area (Å²) >= 11 is 0. The van der Waals surface area contributed by atoms with E-state index in [4.69, 9.17) is 0 Å². The van der Waals surface area contributed by atoms with Crippen molar-refractivity contribution in [1.82, 2.24) is 20.0 Å². The molecule has 1 unspecified atom stereocenters. The molecule has 1 aliphatic heterocycles. The molecule has 2 heterocycles. The van der Waals surface area contributed by atoms with Crippen LogP contribution in [0.4, 0.5) is 0 Å². The quantitative estimate of drug-likeness (QED) is 0.792. The average Bonchev–Trinajstić information content (AvgIpc) is 3.06. The zero-order valence-corrected chi connectivity index (χ0v) is 13.4. The largest absolute Gasteiger partial charge is 0.313 e. The van der Waals surface area contributed by atoms with Crippen molar-refractivity contribution in [2.75, 3.05) is 19.6 Å². The van der Waals surface area contributed by atoms with E-state index in [9.17, 15) is 0 Å². The van der Waals surface area contributed by atoms with Crippen LogP contribution in [-0.4, -0.2) is 40.4 Å². The van der Waals surface area contributed by atoms with Crippen LogP contribution in [0, 0.1) is 0 Å². The Balaban J connectivity index is 1.95. The maximum absolute atomic E-state index is 4.57. The molecule has 1 aromatic rings. The number of nitrogens with zero attached hydrogens (tertiary/aromatic N) is 3. The van der Waals surface area contributed by atoms with E-state index >= 15 is 0 Å². The minimum absolute atomic E-state index is 0.686. The Labute approximate surface area is 123 Å². The molecule has 0 saturated carbocycles. The molecule has 1 N–H and O–H groups in total. The maximum atomic E-state index is 4.57. The van der Waals surface area contributed by atoms with Crippen molar-refractivity contribution >= 4 is 0 Å². The Kier molecular flexibility index (Phi) is 6.05. The van der Waals surface area contributed by atoms with Crippen LogP contribution in [0.2, 0.25) is 0 Å². The van der Waals surface area contributed by atoms with E-state index in [0.717, 1.165) is 13.0 Å². The van der Waals surface area contributed by atoms with Gasteiger partial charge in [0.2, 0.25) is 0 Å². The molecule has 114 valence electrons. The summed E-state index contributed by atoms with van der Waals surface area (Å²) in [6.45, 7) is 9.03. The summed E-state index contributed by atoms with van der Waals surface area (Å²) in [6.07, 6.45) is 6.23. The number of aryl methyl sites for hydroxylation is 2. The predicted octanol–water partition coefficient (Wildman–Crippen LogP) is 2.34. The van der Waals surface area contributed by atoms with Gasteiger partial charge in [-0.05, 0) is 44.8 Å². The van der Waals surface area contributed by atoms with Crippen LogP contribution in [-0.2, 0) is 20.0 Å². The van der Waals surface area contributed by atoms with Gasteiger partial charge in [-0.15, -0.1) is 0 Å². The van der Waals surface area contributed by atoms with Gasteiger partial charge in [0.1, 0.15) is 0 Å². The Morgan fingerprint density at radius 1 is 1.45 bits per heavy atom. The minimum atomic E-state index is 0.686. The molecule has 20 heavy (non-hydrogen) atoms. The molecule has 1 fully saturated rings. The van der Waals surface area contributed by atoms with Gasteiger partial charge in [-0.2, -0.15) is 5.10 Å². The second kappa shape index (κ2) is 7.79. The fraction of sp³-hybridized carbons (Fsp3) is 0.812. The zero-order valence-electron chi connectivity index (χ0n) is 13.4. The van der Waals surface area contributed by atoms with E-state index in [1.165, 1.54) is 56.7 Å². The van der Waals surface area contributed by atoms with Gasteiger partial charge in [0.25, 0.3) is 0 Å². The molecule has 0 amide bonds. The van der Waals surface area contributed by atoms with Gasteiger partial charge in [0, 0.05) is 26.2 Å². The van der Waals surface area contributed by atoms with E-state index in [-0.39, 0.29) is 0 Å². The van der Waals surface area contributed by atoms with Crippen LogP contribution in [0.25, 0.3) is 0 Å². The highest BCUT2D eigenvalue weighted by Gasteiger charge is 2.18. The van der Waals surface area contributed by atoms with Crippen LogP contribution in [0.3, 0.4) is 0 Å². The van der Waals surface area contributed by atoms with Gasteiger partial charge in [-0.25, -0.2) is 0 Å². The smallest absolute Gasteiger partial charge is 0.0625 e. The first kappa shape index (κ1) is 15.5. The Bertz CT molecular complexity index is 393. The number of unbranched alkanes of at least 4 members (excludes halogenated alkanes) is 1. The van der Waals surface area contributed by atoms with Gasteiger partial charge in [-0.3, -0.25) is 9.58 Å². The first-order chi connectivity index (χ1) is 9.72. The predicted molar refractivity (Wildman–Crippen MR) is 83.8 cm³/mol. The number of nitrogens with one attached hydrogen (secondary N) is 1. The van der Waals surface area contributed by atoms with Crippen molar-refractivity contribution < 1.29 is 0 Å². The first-order valence-electron chi connectivity index (χ1n) is 8.20. The molecule has 4 heteroatoms. The van der Waals surface area contributed by atoms with Crippen LogP contribution < -0.4 is 5.32 Å². The third-order valence-electron chi connectivity index (χ3n) is 4.24. The molecule has 0 spiro atoms. The third-order valence-corrected chi connectivity index (χ3v) is 4.24. The monoisotopic (exact) mass is 278 g/mol. The molecule has 1 atom stereocenters. The van der Waals surface area contributed by atoms with Gasteiger partial charge >= 0.3 is 0 Å². The molecule has 0 aromatic carbocycles. The van der Waals surface area contributed by atoms with E-state index in [2.05, 4.69) is 47.0 Å². The molecule has 1 saturated heterocycles. The Morgan fingerprint density at radius 3 is 2.90 bits per heavy atom. The van der Waals surface area contributed by atoms with Crippen molar-refractivity contribution in [3.8, 4) is 0 Å². The number of hydrogen-bond acceptors (Lipinski definition) is 3. The highest BCUT2D eigenvalue weighted by molar-refractivity contribution is 5.10. The molecular formula is C16H30N4. The van der Waals surface area contributed by atoms with Crippen LogP contribution in [0.15, 0.2) is 6.07 Å². The normalized spacial score (nSPS) is 19.1. The van der Waals surface area contributed by atoms with E-state index < -0.39 is 0 Å². The minimum Gasteiger partial charge on any atom is -0.313 e. The highest BCUT2D eigenvalue weighted by atomic mass is 15.3. The summed E-state index contributed by atoms with van der Waals surface area (Å²) in [5.41, 5.74) is 2.55. The molecular weight excluding hydrogens is 248 g/mol. The van der Waals surface area contributed by atoms with E-state index in [1.807, 2.05) is 0 Å². The Hall–Kier alpha value is -0.870. The lowest BCUT2D eigenvalue weighted by Crippen LogP contribution is -2.38. The van der Waals surface area contributed by atoms with Crippen molar-refractivity contribution in [2.24, 2.45) is 7.05 Å². The number of aromatic nitrogens is 2. The van der Waals surface area contributed by atoms with Gasteiger partial charge < -0.3 is 5.32 Å². The SMILES string of the molecule is CCCCN(Cc1cc(CC)nn1C)CC1CCCN1. The zero-order chi connectivity index (χ0) is 14.4. The van der Waals surface area contributed by atoms with Crippen molar-refractivity contribution in [1.29, 1.82) is 0 Å². The summed E-state index contributed by atoms with van der Waals surface area (Å²) in [5.74, 6) is 0. The first-order valence-corrected chi connectivity index (χ1v) is 8.20. The fourth-order valence-corrected chi connectivity index (χ4v) is 2.96. The van der Waals surface area contributed by atoms with Crippen molar-refractivity contribution in [3.63, 3.8) is 0 Å². The third kappa shape index (κ3) is 4.32. The maximum Gasteiger partial charge on any atom is 0.0625 e. The van der Waals surface area contributed by atoms with Crippen LogP contribution in [0.5, 0.6) is 0 Å². The molecule has 2 rings (SSSR count). The standard InChI is InChI=1S/C16H30N4/c1-4-6-10-20(12-15-8-7-9-17-15)13-16-11-14(5-2)18-19(16)3/h11,15,17H,4-10,12-13H2,1-3H3. The molecule has 0 radical (unpaired) electrons.